The lowest BCUT2D eigenvalue weighted by atomic mass is 10.1. The van der Waals surface area contributed by atoms with E-state index in [1.165, 1.54) is 24.4 Å². The van der Waals surface area contributed by atoms with Gasteiger partial charge in [0, 0.05) is 17.2 Å². The molecule has 9 heteroatoms. The van der Waals surface area contributed by atoms with Crippen molar-refractivity contribution in [2.45, 2.75) is 0 Å². The number of hydrazone groups is 1. The maximum absolute atomic E-state index is 11.8. The van der Waals surface area contributed by atoms with E-state index >= 15 is 0 Å². The number of hydrogen-bond donors (Lipinski definition) is 2. The Morgan fingerprint density at radius 1 is 1.22 bits per heavy atom. The van der Waals surface area contributed by atoms with Crippen molar-refractivity contribution in [2.75, 3.05) is 6.61 Å². The molecule has 0 radical (unpaired) electrons. The van der Waals surface area contributed by atoms with Gasteiger partial charge < -0.3 is 4.74 Å². The van der Waals surface area contributed by atoms with Crippen molar-refractivity contribution in [2.24, 2.45) is 5.10 Å². The van der Waals surface area contributed by atoms with E-state index in [9.17, 15) is 14.9 Å². The van der Waals surface area contributed by atoms with Gasteiger partial charge in [-0.05, 0) is 6.07 Å². The average molecular weight is 365 g/mol. The highest BCUT2D eigenvalue weighted by Gasteiger charge is 2.14. The standard InChI is InChI=1S/C18H15N5O4/c24-17(12-27-16-9-5-4-8-15(16)23(25)26)21-19-10-14-11-20-22-18(14)13-6-2-1-3-7-13/h1-11H,12H2,(H,20,22)(H,21,24)/b19-10+. The smallest absolute Gasteiger partial charge is 0.310 e. The highest BCUT2D eigenvalue weighted by atomic mass is 16.6. The number of rotatable bonds is 7. The summed E-state index contributed by atoms with van der Waals surface area (Å²) >= 11 is 0. The summed E-state index contributed by atoms with van der Waals surface area (Å²) in [6, 6.07) is 15.4. The van der Waals surface area contributed by atoms with Crippen molar-refractivity contribution < 1.29 is 14.5 Å². The van der Waals surface area contributed by atoms with Crippen LogP contribution in [0.25, 0.3) is 11.3 Å². The zero-order valence-electron chi connectivity index (χ0n) is 14.0. The molecule has 2 N–H and O–H groups in total. The van der Waals surface area contributed by atoms with E-state index in [1.54, 1.807) is 12.3 Å². The molecule has 0 fully saturated rings. The van der Waals surface area contributed by atoms with Gasteiger partial charge in [0.05, 0.1) is 23.0 Å². The molecule has 1 heterocycles. The third-order valence-electron chi connectivity index (χ3n) is 3.54. The number of para-hydroxylation sites is 2. The maximum atomic E-state index is 11.8. The normalized spacial score (nSPS) is 10.7. The second kappa shape index (κ2) is 8.39. The van der Waals surface area contributed by atoms with Crippen LogP contribution in [0.15, 0.2) is 65.9 Å². The third kappa shape index (κ3) is 4.54. The number of ether oxygens (including phenoxy) is 1. The second-order valence-corrected chi connectivity index (χ2v) is 5.37. The Bertz CT molecular complexity index is 969. The molecular formula is C18H15N5O4. The third-order valence-corrected chi connectivity index (χ3v) is 3.54. The van der Waals surface area contributed by atoms with Gasteiger partial charge in [0.25, 0.3) is 5.91 Å². The maximum Gasteiger partial charge on any atom is 0.310 e. The Labute approximate surface area is 153 Å². The summed E-state index contributed by atoms with van der Waals surface area (Å²) in [5.41, 5.74) is 4.50. The molecule has 0 saturated carbocycles. The Kier molecular flexibility index (Phi) is 5.53. The van der Waals surface area contributed by atoms with Gasteiger partial charge in [0.1, 0.15) is 0 Å². The van der Waals surface area contributed by atoms with Gasteiger partial charge in [-0.1, -0.05) is 42.5 Å². The van der Waals surface area contributed by atoms with E-state index in [0.717, 1.165) is 11.3 Å². The SMILES string of the molecule is O=C(COc1ccccc1[N+](=O)[O-])N/N=C/c1cn[nH]c1-c1ccccc1. The molecule has 0 atom stereocenters. The van der Waals surface area contributed by atoms with Crippen molar-refractivity contribution in [3.8, 4) is 17.0 Å². The van der Waals surface area contributed by atoms with Crippen LogP contribution in [0, 0.1) is 10.1 Å². The predicted octanol–water partition coefficient (Wildman–Crippen LogP) is 2.51. The summed E-state index contributed by atoms with van der Waals surface area (Å²) in [6.07, 6.45) is 3.04. The number of nitrogens with zero attached hydrogens (tertiary/aromatic N) is 3. The number of aromatic nitrogens is 2. The lowest BCUT2D eigenvalue weighted by Crippen LogP contribution is -2.24. The first-order valence-corrected chi connectivity index (χ1v) is 7.92. The summed E-state index contributed by atoms with van der Waals surface area (Å²) in [6.45, 7) is -0.404. The Hall–Kier alpha value is -4.01. The van der Waals surface area contributed by atoms with Gasteiger partial charge in [-0.3, -0.25) is 20.0 Å². The molecule has 0 aliphatic heterocycles. The van der Waals surface area contributed by atoms with Crippen LogP contribution in [0.1, 0.15) is 5.56 Å². The molecular weight excluding hydrogens is 350 g/mol. The van der Waals surface area contributed by atoms with Gasteiger partial charge in [0.15, 0.2) is 12.4 Å². The highest BCUT2D eigenvalue weighted by Crippen LogP contribution is 2.25. The lowest BCUT2D eigenvalue weighted by molar-refractivity contribution is -0.385. The van der Waals surface area contributed by atoms with E-state index in [1.807, 2.05) is 30.3 Å². The topological polar surface area (TPSA) is 123 Å². The molecule has 0 aliphatic rings. The summed E-state index contributed by atoms with van der Waals surface area (Å²) in [5, 5.41) is 21.6. The average Bonchev–Trinajstić information content (AvgIpc) is 3.16. The van der Waals surface area contributed by atoms with Gasteiger partial charge in [-0.15, -0.1) is 0 Å². The molecule has 136 valence electrons. The monoisotopic (exact) mass is 365 g/mol. The van der Waals surface area contributed by atoms with Crippen molar-refractivity contribution in [1.82, 2.24) is 15.6 Å². The molecule has 27 heavy (non-hydrogen) atoms. The first-order valence-electron chi connectivity index (χ1n) is 7.92. The summed E-state index contributed by atoms with van der Waals surface area (Å²) in [7, 11) is 0. The Morgan fingerprint density at radius 2 is 1.96 bits per heavy atom. The molecule has 2 aromatic carbocycles. The van der Waals surface area contributed by atoms with Gasteiger partial charge >= 0.3 is 5.69 Å². The number of amides is 1. The van der Waals surface area contributed by atoms with E-state index in [-0.39, 0.29) is 11.4 Å². The summed E-state index contributed by atoms with van der Waals surface area (Å²) < 4.78 is 5.19. The van der Waals surface area contributed by atoms with Crippen molar-refractivity contribution in [3.05, 3.63) is 76.5 Å². The minimum Gasteiger partial charge on any atom is -0.477 e. The van der Waals surface area contributed by atoms with E-state index in [0.29, 0.717) is 5.56 Å². The molecule has 1 aromatic heterocycles. The minimum atomic E-state index is -0.574. The Balaban J connectivity index is 1.58. The fourth-order valence-corrected chi connectivity index (χ4v) is 2.31. The number of carbonyl (C=O) groups is 1. The zero-order chi connectivity index (χ0) is 19.1. The van der Waals surface area contributed by atoms with Crippen LogP contribution in [0.3, 0.4) is 0 Å². The molecule has 3 rings (SSSR count). The number of nitrogens with one attached hydrogen (secondary N) is 2. The van der Waals surface area contributed by atoms with Crippen LogP contribution < -0.4 is 10.2 Å². The number of aromatic amines is 1. The number of nitro groups is 1. The zero-order valence-corrected chi connectivity index (χ0v) is 14.0. The fraction of sp³-hybridized carbons (Fsp3) is 0.0556. The summed E-state index contributed by atoms with van der Waals surface area (Å²) in [5.74, 6) is -0.531. The molecule has 0 unspecified atom stereocenters. The minimum absolute atomic E-state index is 0.0165. The van der Waals surface area contributed by atoms with Crippen molar-refractivity contribution in [3.63, 3.8) is 0 Å². The number of benzene rings is 2. The molecule has 0 spiro atoms. The molecule has 0 bridgehead atoms. The Morgan fingerprint density at radius 3 is 2.74 bits per heavy atom. The predicted molar refractivity (Wildman–Crippen MR) is 98.4 cm³/mol. The molecule has 0 aliphatic carbocycles. The molecule has 3 aromatic rings. The van der Waals surface area contributed by atoms with Gasteiger partial charge in [-0.2, -0.15) is 10.2 Å². The fourth-order valence-electron chi connectivity index (χ4n) is 2.31. The van der Waals surface area contributed by atoms with Crippen LogP contribution in [-0.2, 0) is 4.79 Å². The van der Waals surface area contributed by atoms with Crippen molar-refractivity contribution >= 4 is 17.8 Å². The summed E-state index contributed by atoms with van der Waals surface area (Å²) in [4.78, 5) is 22.2. The lowest BCUT2D eigenvalue weighted by Gasteiger charge is -2.05. The largest absolute Gasteiger partial charge is 0.477 e. The van der Waals surface area contributed by atoms with Crippen LogP contribution in [0.2, 0.25) is 0 Å². The van der Waals surface area contributed by atoms with Gasteiger partial charge in [0.2, 0.25) is 0 Å². The number of H-pyrrole nitrogens is 1. The van der Waals surface area contributed by atoms with Gasteiger partial charge in [-0.25, -0.2) is 5.43 Å². The van der Waals surface area contributed by atoms with Crippen molar-refractivity contribution in [1.29, 1.82) is 0 Å². The van der Waals surface area contributed by atoms with Crippen LogP contribution >= 0.6 is 0 Å². The first-order chi connectivity index (χ1) is 13.1. The second-order valence-electron chi connectivity index (χ2n) is 5.37. The molecule has 0 saturated heterocycles. The molecule has 1 amide bonds. The number of carbonyl (C=O) groups excluding carboxylic acids is 1. The highest BCUT2D eigenvalue weighted by molar-refractivity contribution is 5.89. The number of nitro benzene ring substituents is 1. The van der Waals surface area contributed by atoms with E-state index in [2.05, 4.69) is 20.7 Å². The van der Waals surface area contributed by atoms with Crippen LogP contribution in [0.5, 0.6) is 5.75 Å². The van der Waals surface area contributed by atoms with E-state index in [4.69, 9.17) is 4.74 Å². The van der Waals surface area contributed by atoms with E-state index < -0.39 is 17.4 Å². The molecule has 9 nitrogen and oxygen atoms in total. The quantitative estimate of drug-likeness (QED) is 0.378. The first kappa shape index (κ1) is 17.8. The number of hydrogen-bond acceptors (Lipinski definition) is 6. The van der Waals surface area contributed by atoms with Crippen LogP contribution in [0.4, 0.5) is 5.69 Å². The van der Waals surface area contributed by atoms with Crippen LogP contribution in [-0.4, -0.2) is 33.8 Å².